The number of rotatable bonds is 9. The van der Waals surface area contributed by atoms with Crippen molar-refractivity contribution in [3.63, 3.8) is 0 Å². The second-order valence-electron chi connectivity index (χ2n) is 4.55. The Kier molecular flexibility index (Phi) is 7.75. The molecule has 1 rings (SSSR count). The highest BCUT2D eigenvalue weighted by Gasteiger charge is 2.08. The number of nitrogens with two attached hydrogens (primary N) is 1. The zero-order valence-corrected chi connectivity index (χ0v) is 13.0. The molecular weight excluding hydrogens is 258 g/mol. The molecular formula is C15H25NO2S. The van der Waals surface area contributed by atoms with Crippen LogP contribution in [0.25, 0.3) is 0 Å². The van der Waals surface area contributed by atoms with E-state index in [1.807, 2.05) is 36.9 Å². The molecule has 0 saturated carbocycles. The van der Waals surface area contributed by atoms with E-state index in [0.29, 0.717) is 0 Å². The summed E-state index contributed by atoms with van der Waals surface area (Å²) in [7, 11) is 1.67. The Morgan fingerprint density at radius 3 is 2.79 bits per heavy atom. The van der Waals surface area contributed by atoms with E-state index < -0.39 is 0 Å². The smallest absolute Gasteiger partial charge is 0.122 e. The second kappa shape index (κ2) is 9.10. The fourth-order valence-corrected chi connectivity index (χ4v) is 2.43. The number of hydrogen-bond acceptors (Lipinski definition) is 4. The summed E-state index contributed by atoms with van der Waals surface area (Å²) < 4.78 is 11.1. The van der Waals surface area contributed by atoms with Crippen molar-refractivity contribution in [3.8, 4) is 11.5 Å². The molecule has 0 heterocycles. The topological polar surface area (TPSA) is 44.5 Å². The first kappa shape index (κ1) is 16.2. The number of methoxy groups -OCH3 is 1. The summed E-state index contributed by atoms with van der Waals surface area (Å²) >= 11 is 1.94. The van der Waals surface area contributed by atoms with E-state index in [9.17, 15) is 0 Å². The van der Waals surface area contributed by atoms with Crippen LogP contribution in [0.15, 0.2) is 18.2 Å². The van der Waals surface area contributed by atoms with Gasteiger partial charge in [0.1, 0.15) is 11.5 Å². The Labute approximate surface area is 120 Å². The van der Waals surface area contributed by atoms with Crippen LogP contribution in [0.5, 0.6) is 11.5 Å². The molecule has 1 aromatic carbocycles. The lowest BCUT2D eigenvalue weighted by atomic mass is 10.1. The minimum atomic E-state index is 0.116. The summed E-state index contributed by atoms with van der Waals surface area (Å²) in [4.78, 5) is 0. The molecule has 0 spiro atoms. The quantitative estimate of drug-likeness (QED) is 0.707. The van der Waals surface area contributed by atoms with Gasteiger partial charge >= 0.3 is 0 Å². The maximum absolute atomic E-state index is 5.88. The van der Waals surface area contributed by atoms with Gasteiger partial charge in [-0.2, -0.15) is 11.8 Å². The van der Waals surface area contributed by atoms with Gasteiger partial charge in [-0.05, 0) is 55.0 Å². The number of ether oxygens (including phenoxy) is 2. The van der Waals surface area contributed by atoms with Gasteiger partial charge in [-0.15, -0.1) is 0 Å². The summed E-state index contributed by atoms with van der Waals surface area (Å²) in [5, 5.41) is 0. The van der Waals surface area contributed by atoms with Crippen LogP contribution in [-0.4, -0.2) is 31.3 Å². The average Bonchev–Trinajstić information content (AvgIpc) is 2.39. The van der Waals surface area contributed by atoms with Gasteiger partial charge in [0, 0.05) is 6.04 Å². The Balaban J connectivity index is 2.59. The fourth-order valence-electron chi connectivity index (χ4n) is 1.82. The van der Waals surface area contributed by atoms with Crippen LogP contribution < -0.4 is 15.2 Å². The van der Waals surface area contributed by atoms with Crippen molar-refractivity contribution in [2.45, 2.75) is 32.7 Å². The van der Waals surface area contributed by atoms with Gasteiger partial charge < -0.3 is 15.2 Å². The molecule has 0 aliphatic rings. The van der Waals surface area contributed by atoms with Gasteiger partial charge in [0.05, 0.1) is 13.7 Å². The average molecular weight is 283 g/mol. The Morgan fingerprint density at radius 2 is 2.16 bits per heavy atom. The van der Waals surface area contributed by atoms with Crippen LogP contribution in [-0.2, 0) is 6.42 Å². The molecule has 0 aliphatic carbocycles. The van der Waals surface area contributed by atoms with E-state index >= 15 is 0 Å². The monoisotopic (exact) mass is 283 g/mol. The molecule has 4 heteroatoms. The molecule has 2 N–H and O–H groups in total. The first-order chi connectivity index (χ1) is 9.17. The predicted octanol–water partition coefficient (Wildman–Crippen LogP) is 3.11. The first-order valence-electron chi connectivity index (χ1n) is 6.80. The Hall–Kier alpha value is -0.870. The van der Waals surface area contributed by atoms with E-state index in [-0.39, 0.29) is 6.04 Å². The number of benzene rings is 1. The largest absolute Gasteiger partial charge is 0.497 e. The highest BCUT2D eigenvalue weighted by Crippen LogP contribution is 2.25. The third-order valence-electron chi connectivity index (χ3n) is 2.70. The van der Waals surface area contributed by atoms with Crippen molar-refractivity contribution >= 4 is 11.8 Å². The van der Waals surface area contributed by atoms with Crippen LogP contribution in [0.1, 0.15) is 25.8 Å². The van der Waals surface area contributed by atoms with Crippen LogP contribution in [0.2, 0.25) is 0 Å². The molecule has 0 radical (unpaired) electrons. The van der Waals surface area contributed by atoms with Crippen LogP contribution >= 0.6 is 11.8 Å². The third kappa shape index (κ3) is 6.21. The molecule has 0 amide bonds. The summed E-state index contributed by atoms with van der Waals surface area (Å²) in [5.74, 6) is 4.09. The van der Waals surface area contributed by atoms with Crippen molar-refractivity contribution in [2.75, 3.05) is 25.2 Å². The molecule has 0 bridgehead atoms. The van der Waals surface area contributed by atoms with Crippen molar-refractivity contribution < 1.29 is 9.47 Å². The molecule has 0 aromatic heterocycles. The molecule has 19 heavy (non-hydrogen) atoms. The van der Waals surface area contributed by atoms with E-state index in [1.165, 1.54) is 5.75 Å². The normalized spacial score (nSPS) is 12.2. The molecule has 0 fully saturated rings. The lowest BCUT2D eigenvalue weighted by Gasteiger charge is -2.14. The van der Waals surface area contributed by atoms with E-state index in [4.69, 9.17) is 15.2 Å². The SMILES string of the molecule is CCSCCCOc1ccc(OC)cc1CC(C)N. The Morgan fingerprint density at radius 1 is 1.37 bits per heavy atom. The molecule has 1 unspecified atom stereocenters. The fraction of sp³-hybridized carbons (Fsp3) is 0.600. The van der Waals surface area contributed by atoms with Crippen molar-refractivity contribution in [2.24, 2.45) is 5.73 Å². The van der Waals surface area contributed by atoms with Gasteiger partial charge in [0.2, 0.25) is 0 Å². The first-order valence-corrected chi connectivity index (χ1v) is 7.95. The summed E-state index contributed by atoms with van der Waals surface area (Å²) in [6.45, 7) is 4.93. The number of thioether (sulfide) groups is 1. The maximum Gasteiger partial charge on any atom is 0.122 e. The van der Waals surface area contributed by atoms with Crippen LogP contribution in [0, 0.1) is 0 Å². The highest BCUT2D eigenvalue weighted by atomic mass is 32.2. The molecule has 3 nitrogen and oxygen atoms in total. The standard InChI is InChI=1S/C15H25NO2S/c1-4-19-9-5-8-18-15-7-6-14(17-3)11-13(15)10-12(2)16/h6-7,11-12H,4-5,8-10,16H2,1-3H3. The Bertz CT molecular complexity index is 369. The van der Waals surface area contributed by atoms with Gasteiger partial charge in [-0.25, -0.2) is 0 Å². The molecule has 1 aromatic rings. The number of hydrogen-bond donors (Lipinski definition) is 1. The van der Waals surface area contributed by atoms with Crippen LogP contribution in [0.4, 0.5) is 0 Å². The van der Waals surface area contributed by atoms with E-state index in [1.54, 1.807) is 7.11 Å². The highest BCUT2D eigenvalue weighted by molar-refractivity contribution is 7.99. The summed E-state index contributed by atoms with van der Waals surface area (Å²) in [5.41, 5.74) is 7.00. The zero-order valence-electron chi connectivity index (χ0n) is 12.1. The lowest BCUT2D eigenvalue weighted by Crippen LogP contribution is -2.18. The summed E-state index contributed by atoms with van der Waals surface area (Å²) in [6, 6.07) is 6.04. The minimum absolute atomic E-state index is 0.116. The van der Waals surface area contributed by atoms with Crippen molar-refractivity contribution in [1.29, 1.82) is 0 Å². The van der Waals surface area contributed by atoms with Gasteiger partial charge in [-0.3, -0.25) is 0 Å². The van der Waals surface area contributed by atoms with Crippen LogP contribution in [0.3, 0.4) is 0 Å². The van der Waals surface area contributed by atoms with Crippen molar-refractivity contribution in [1.82, 2.24) is 0 Å². The van der Waals surface area contributed by atoms with E-state index in [0.717, 1.165) is 42.3 Å². The van der Waals surface area contributed by atoms with E-state index in [2.05, 4.69) is 6.92 Å². The third-order valence-corrected chi connectivity index (χ3v) is 3.69. The zero-order chi connectivity index (χ0) is 14.1. The molecule has 108 valence electrons. The maximum atomic E-state index is 5.88. The molecule has 0 saturated heterocycles. The second-order valence-corrected chi connectivity index (χ2v) is 5.95. The molecule has 0 aliphatic heterocycles. The molecule has 1 atom stereocenters. The minimum Gasteiger partial charge on any atom is -0.497 e. The summed E-state index contributed by atoms with van der Waals surface area (Å²) in [6.07, 6.45) is 1.87. The van der Waals surface area contributed by atoms with Crippen molar-refractivity contribution in [3.05, 3.63) is 23.8 Å². The predicted molar refractivity (Wildman–Crippen MR) is 83.5 cm³/mol. The lowest BCUT2D eigenvalue weighted by molar-refractivity contribution is 0.314. The van der Waals surface area contributed by atoms with Gasteiger partial charge in [-0.1, -0.05) is 6.92 Å². The van der Waals surface area contributed by atoms with Gasteiger partial charge in [0.15, 0.2) is 0 Å². The van der Waals surface area contributed by atoms with Gasteiger partial charge in [0.25, 0.3) is 0 Å².